The van der Waals surface area contributed by atoms with Gasteiger partial charge in [0, 0.05) is 18.8 Å². The van der Waals surface area contributed by atoms with Crippen LogP contribution in [-0.4, -0.2) is 41.7 Å². The minimum Gasteiger partial charge on any atom is -0.452 e. The van der Waals surface area contributed by atoms with Crippen molar-refractivity contribution < 1.29 is 14.4 Å². The number of piperidine rings is 3. The predicted molar refractivity (Wildman–Crippen MR) is 73.6 cm³/mol. The molecule has 5 nitrogen and oxygen atoms in total. The lowest BCUT2D eigenvalue weighted by molar-refractivity contribution is -0.920. The van der Waals surface area contributed by atoms with Gasteiger partial charge in [0.2, 0.25) is 0 Å². The standard InChI is InChI=1S/C15H17N3O2/c19-15(11-2-1-3-12-14(11)17-9-16-12)20-13-8-18-6-4-10(13)5-7-18/h1-3,9-10,13H,4-8H2,(H,16,17)/p+1/t13-/m0/s1. The zero-order valence-electron chi connectivity index (χ0n) is 11.3. The molecule has 1 atom stereocenters. The molecule has 0 amide bonds. The molecule has 5 heteroatoms. The van der Waals surface area contributed by atoms with E-state index in [4.69, 9.17) is 4.74 Å². The quantitative estimate of drug-likeness (QED) is 0.778. The normalized spacial score (nSPS) is 28.7. The van der Waals surface area contributed by atoms with Crippen LogP contribution < -0.4 is 4.90 Å². The molecule has 2 bridgehead atoms. The van der Waals surface area contributed by atoms with Gasteiger partial charge in [-0.05, 0) is 12.1 Å². The second-order valence-electron chi connectivity index (χ2n) is 5.84. The van der Waals surface area contributed by atoms with Crippen molar-refractivity contribution in [3.8, 4) is 0 Å². The molecule has 104 valence electrons. The number of nitrogens with one attached hydrogen (secondary N) is 2. The predicted octanol–water partition coefficient (Wildman–Crippen LogP) is 0.397. The fourth-order valence-electron chi connectivity index (χ4n) is 3.54. The fourth-order valence-corrected chi connectivity index (χ4v) is 3.54. The molecule has 2 N–H and O–H groups in total. The first kappa shape index (κ1) is 11.9. The van der Waals surface area contributed by atoms with Crippen molar-refractivity contribution >= 4 is 17.0 Å². The Morgan fingerprint density at radius 3 is 2.95 bits per heavy atom. The molecule has 3 fully saturated rings. The molecule has 20 heavy (non-hydrogen) atoms. The van der Waals surface area contributed by atoms with E-state index in [0.717, 1.165) is 12.1 Å². The summed E-state index contributed by atoms with van der Waals surface area (Å²) < 4.78 is 5.78. The lowest BCUT2D eigenvalue weighted by Gasteiger charge is -2.41. The first-order chi connectivity index (χ1) is 9.81. The number of hydrogen-bond acceptors (Lipinski definition) is 3. The van der Waals surface area contributed by atoms with Crippen LogP contribution in [0.5, 0.6) is 0 Å². The van der Waals surface area contributed by atoms with E-state index in [2.05, 4.69) is 9.97 Å². The maximum atomic E-state index is 12.4. The number of aromatic amines is 1. The van der Waals surface area contributed by atoms with Crippen LogP contribution in [0.2, 0.25) is 0 Å². The number of esters is 1. The zero-order valence-corrected chi connectivity index (χ0v) is 11.3. The van der Waals surface area contributed by atoms with Gasteiger partial charge in [0.1, 0.15) is 12.1 Å². The highest BCUT2D eigenvalue weighted by Gasteiger charge is 2.39. The van der Waals surface area contributed by atoms with Crippen molar-refractivity contribution in [1.82, 2.24) is 9.97 Å². The lowest BCUT2D eigenvalue weighted by Crippen LogP contribution is -3.16. The van der Waals surface area contributed by atoms with Gasteiger partial charge in [-0.1, -0.05) is 6.07 Å². The average molecular weight is 272 g/mol. The number of ether oxygens (including phenoxy) is 1. The van der Waals surface area contributed by atoms with Crippen LogP contribution in [0.25, 0.3) is 11.0 Å². The maximum absolute atomic E-state index is 12.4. The highest BCUT2D eigenvalue weighted by Crippen LogP contribution is 2.23. The van der Waals surface area contributed by atoms with E-state index in [0.29, 0.717) is 17.0 Å². The Labute approximate surface area is 116 Å². The Morgan fingerprint density at radius 2 is 2.20 bits per heavy atom. The molecular formula is C15H18N3O2+. The monoisotopic (exact) mass is 272 g/mol. The summed E-state index contributed by atoms with van der Waals surface area (Å²) in [6.45, 7) is 3.42. The van der Waals surface area contributed by atoms with E-state index < -0.39 is 0 Å². The Morgan fingerprint density at radius 1 is 1.35 bits per heavy atom. The van der Waals surface area contributed by atoms with E-state index >= 15 is 0 Å². The maximum Gasteiger partial charge on any atom is 0.340 e. The van der Waals surface area contributed by atoms with E-state index in [1.807, 2.05) is 12.1 Å². The van der Waals surface area contributed by atoms with Crippen molar-refractivity contribution in [1.29, 1.82) is 0 Å². The third-order valence-corrected chi connectivity index (χ3v) is 4.68. The summed E-state index contributed by atoms with van der Waals surface area (Å²) in [4.78, 5) is 21.2. The van der Waals surface area contributed by atoms with Gasteiger partial charge in [-0.2, -0.15) is 0 Å². The fraction of sp³-hybridized carbons (Fsp3) is 0.467. The van der Waals surface area contributed by atoms with Crippen LogP contribution in [0.15, 0.2) is 24.5 Å². The van der Waals surface area contributed by atoms with Gasteiger partial charge in [0.05, 0.1) is 30.5 Å². The van der Waals surface area contributed by atoms with Crippen LogP contribution in [0, 0.1) is 5.92 Å². The molecule has 5 rings (SSSR count). The molecule has 4 heterocycles. The number of nitrogens with zero attached hydrogens (tertiary/aromatic N) is 1. The molecule has 2 aromatic rings. The Hall–Kier alpha value is -1.88. The molecule has 3 aliphatic heterocycles. The van der Waals surface area contributed by atoms with Gasteiger partial charge in [-0.25, -0.2) is 9.78 Å². The summed E-state index contributed by atoms with van der Waals surface area (Å²) in [5.74, 6) is 0.315. The molecule has 3 aliphatic rings. The highest BCUT2D eigenvalue weighted by molar-refractivity contribution is 6.01. The number of fused-ring (bicyclic) bond motifs is 4. The first-order valence-electron chi connectivity index (χ1n) is 7.28. The number of imidazole rings is 1. The number of rotatable bonds is 2. The minimum absolute atomic E-state index is 0.0780. The second-order valence-corrected chi connectivity index (χ2v) is 5.84. The first-order valence-corrected chi connectivity index (χ1v) is 7.28. The number of hydrogen-bond donors (Lipinski definition) is 2. The van der Waals surface area contributed by atoms with Gasteiger partial charge in [-0.15, -0.1) is 0 Å². The Bertz CT molecular complexity index is 643. The van der Waals surface area contributed by atoms with E-state index in [-0.39, 0.29) is 12.1 Å². The summed E-state index contributed by atoms with van der Waals surface area (Å²) in [5, 5.41) is 0. The molecule has 0 saturated carbocycles. The summed E-state index contributed by atoms with van der Waals surface area (Å²) in [7, 11) is 0. The van der Waals surface area contributed by atoms with Crippen LogP contribution in [0.1, 0.15) is 23.2 Å². The van der Waals surface area contributed by atoms with Gasteiger partial charge in [-0.3, -0.25) is 0 Å². The van der Waals surface area contributed by atoms with Gasteiger partial charge in [0.25, 0.3) is 0 Å². The molecule has 0 spiro atoms. The molecule has 0 aliphatic carbocycles. The molecule has 0 unspecified atom stereocenters. The van der Waals surface area contributed by atoms with Crippen LogP contribution in [0.3, 0.4) is 0 Å². The molecule has 0 radical (unpaired) electrons. The Kier molecular flexibility index (Phi) is 2.73. The van der Waals surface area contributed by atoms with Crippen LogP contribution >= 0.6 is 0 Å². The van der Waals surface area contributed by atoms with E-state index in [1.54, 1.807) is 17.3 Å². The Balaban J connectivity index is 1.57. The van der Waals surface area contributed by atoms with E-state index in [1.165, 1.54) is 25.9 Å². The van der Waals surface area contributed by atoms with Crippen molar-refractivity contribution in [2.24, 2.45) is 5.92 Å². The number of benzene rings is 1. The summed E-state index contributed by atoms with van der Waals surface area (Å²) >= 11 is 0. The smallest absolute Gasteiger partial charge is 0.340 e. The number of quaternary nitrogens is 1. The topological polar surface area (TPSA) is 59.4 Å². The minimum atomic E-state index is -0.235. The number of H-pyrrole nitrogens is 1. The van der Waals surface area contributed by atoms with Crippen molar-refractivity contribution in [2.45, 2.75) is 18.9 Å². The summed E-state index contributed by atoms with van der Waals surface area (Å²) in [6, 6.07) is 5.57. The lowest BCUT2D eigenvalue weighted by atomic mass is 9.86. The number of para-hydroxylation sites is 1. The SMILES string of the molecule is O=C(O[C@H]1C[NH+]2CCC1CC2)c1cccc2[nH]cnc12. The highest BCUT2D eigenvalue weighted by atomic mass is 16.5. The van der Waals surface area contributed by atoms with E-state index in [9.17, 15) is 4.79 Å². The number of carbonyl (C=O) groups excluding carboxylic acids is 1. The van der Waals surface area contributed by atoms with Gasteiger partial charge < -0.3 is 14.6 Å². The third kappa shape index (κ3) is 1.89. The third-order valence-electron chi connectivity index (χ3n) is 4.68. The summed E-state index contributed by atoms with van der Waals surface area (Å²) in [5.41, 5.74) is 2.14. The van der Waals surface area contributed by atoms with Crippen molar-refractivity contribution in [2.75, 3.05) is 19.6 Å². The number of aromatic nitrogens is 2. The second kappa shape index (κ2) is 4.59. The average Bonchev–Trinajstić information content (AvgIpc) is 2.96. The molecule has 3 saturated heterocycles. The van der Waals surface area contributed by atoms with Crippen molar-refractivity contribution in [3.63, 3.8) is 0 Å². The summed E-state index contributed by atoms with van der Waals surface area (Å²) in [6.07, 6.45) is 4.05. The molecule has 1 aromatic carbocycles. The molecular weight excluding hydrogens is 254 g/mol. The largest absolute Gasteiger partial charge is 0.452 e. The molecule has 1 aromatic heterocycles. The zero-order chi connectivity index (χ0) is 13.5. The van der Waals surface area contributed by atoms with Crippen LogP contribution in [0.4, 0.5) is 0 Å². The van der Waals surface area contributed by atoms with Gasteiger partial charge in [0.15, 0.2) is 6.10 Å². The van der Waals surface area contributed by atoms with Crippen LogP contribution in [-0.2, 0) is 4.74 Å². The number of carbonyl (C=O) groups is 1. The van der Waals surface area contributed by atoms with Gasteiger partial charge >= 0.3 is 5.97 Å². The van der Waals surface area contributed by atoms with Crippen molar-refractivity contribution in [3.05, 3.63) is 30.1 Å².